The molecule has 0 saturated carbocycles. The first-order chi connectivity index (χ1) is 8.65. The lowest BCUT2D eigenvalue weighted by molar-refractivity contribution is 0.549. The Labute approximate surface area is 116 Å². The zero-order valence-electron chi connectivity index (χ0n) is 12.2. The Morgan fingerprint density at radius 1 is 1.44 bits per heavy atom. The summed E-state index contributed by atoms with van der Waals surface area (Å²) in [6.45, 7) is 11.9. The fourth-order valence-corrected chi connectivity index (χ4v) is 2.46. The van der Waals surface area contributed by atoms with Gasteiger partial charge in [0.1, 0.15) is 0 Å². The molecule has 0 aliphatic rings. The summed E-state index contributed by atoms with van der Waals surface area (Å²) >= 11 is 2.00. The Morgan fingerprint density at radius 2 is 2.22 bits per heavy atom. The third-order valence-corrected chi connectivity index (χ3v) is 3.92. The minimum absolute atomic E-state index is 0.700. The van der Waals surface area contributed by atoms with E-state index >= 15 is 0 Å². The van der Waals surface area contributed by atoms with Crippen molar-refractivity contribution in [1.29, 1.82) is 0 Å². The third-order valence-electron chi connectivity index (χ3n) is 2.94. The van der Waals surface area contributed by atoms with Gasteiger partial charge in [-0.05, 0) is 37.3 Å². The Balaban J connectivity index is 2.35. The number of thioether (sulfide) groups is 1. The van der Waals surface area contributed by atoms with Crippen molar-refractivity contribution in [2.24, 2.45) is 5.92 Å². The van der Waals surface area contributed by atoms with E-state index in [9.17, 15) is 0 Å². The second kappa shape index (κ2) is 8.59. The smallest absolute Gasteiger partial charge is 0.0537 e. The Morgan fingerprint density at radius 3 is 2.89 bits per heavy atom. The first-order valence-corrected chi connectivity index (χ1v) is 8.10. The van der Waals surface area contributed by atoms with Crippen molar-refractivity contribution >= 4 is 11.8 Å². The van der Waals surface area contributed by atoms with E-state index in [-0.39, 0.29) is 0 Å². The summed E-state index contributed by atoms with van der Waals surface area (Å²) < 4.78 is 2.14. The maximum absolute atomic E-state index is 4.48. The highest BCUT2D eigenvalue weighted by Gasteiger charge is 2.05. The molecule has 0 aromatic carbocycles. The van der Waals surface area contributed by atoms with Crippen LogP contribution in [0.5, 0.6) is 0 Å². The molecule has 0 spiro atoms. The molecular weight excluding hydrogens is 242 g/mol. The topological polar surface area (TPSA) is 29.9 Å². The number of hydrogen-bond acceptors (Lipinski definition) is 3. The summed E-state index contributed by atoms with van der Waals surface area (Å²) in [5, 5.41) is 7.95. The van der Waals surface area contributed by atoms with Crippen LogP contribution in [0.25, 0.3) is 0 Å². The Bertz CT molecular complexity index is 334. The lowest BCUT2D eigenvalue weighted by Crippen LogP contribution is -2.19. The predicted molar refractivity (Wildman–Crippen MR) is 81.1 cm³/mol. The molecule has 0 fully saturated rings. The molecule has 0 bridgehead atoms. The highest BCUT2D eigenvalue weighted by Crippen LogP contribution is 2.09. The standard InChI is InChI=1S/C14H27N3S/c1-5-18-8-6-7-17-13(4)14(11-16-17)10-15-9-12(2)3/h11-12,15H,5-10H2,1-4H3. The minimum atomic E-state index is 0.700. The fraction of sp³-hybridized carbons (Fsp3) is 0.786. The maximum Gasteiger partial charge on any atom is 0.0537 e. The zero-order valence-corrected chi connectivity index (χ0v) is 13.0. The average molecular weight is 269 g/mol. The van der Waals surface area contributed by atoms with E-state index in [4.69, 9.17) is 0 Å². The van der Waals surface area contributed by atoms with Crippen LogP contribution in [0.1, 0.15) is 38.4 Å². The average Bonchev–Trinajstić information content (AvgIpc) is 2.67. The van der Waals surface area contributed by atoms with Crippen LogP contribution in [0.4, 0.5) is 0 Å². The molecule has 18 heavy (non-hydrogen) atoms. The minimum Gasteiger partial charge on any atom is -0.312 e. The van der Waals surface area contributed by atoms with Crippen molar-refractivity contribution in [2.45, 2.75) is 47.2 Å². The van der Waals surface area contributed by atoms with Crippen molar-refractivity contribution in [3.63, 3.8) is 0 Å². The third kappa shape index (κ3) is 5.44. The first kappa shape index (κ1) is 15.6. The lowest BCUT2D eigenvalue weighted by Gasteiger charge is -2.08. The molecule has 1 rings (SSSR count). The molecule has 104 valence electrons. The summed E-state index contributed by atoms with van der Waals surface area (Å²) in [7, 11) is 0. The number of rotatable bonds is 9. The van der Waals surface area contributed by atoms with Crippen molar-refractivity contribution in [3.05, 3.63) is 17.5 Å². The van der Waals surface area contributed by atoms with Crippen molar-refractivity contribution in [2.75, 3.05) is 18.1 Å². The molecule has 0 aliphatic heterocycles. The second-order valence-corrected chi connectivity index (χ2v) is 6.45. The summed E-state index contributed by atoms with van der Waals surface area (Å²) in [4.78, 5) is 0. The van der Waals surface area contributed by atoms with E-state index in [0.29, 0.717) is 5.92 Å². The number of aromatic nitrogens is 2. The highest BCUT2D eigenvalue weighted by molar-refractivity contribution is 7.99. The number of hydrogen-bond donors (Lipinski definition) is 1. The first-order valence-electron chi connectivity index (χ1n) is 6.94. The largest absolute Gasteiger partial charge is 0.312 e. The fourth-order valence-electron chi connectivity index (χ4n) is 1.84. The van der Waals surface area contributed by atoms with Gasteiger partial charge in [-0.1, -0.05) is 20.8 Å². The van der Waals surface area contributed by atoms with Gasteiger partial charge in [0.2, 0.25) is 0 Å². The molecule has 4 heteroatoms. The maximum atomic E-state index is 4.48. The van der Waals surface area contributed by atoms with Crippen molar-refractivity contribution < 1.29 is 0 Å². The van der Waals surface area contributed by atoms with Gasteiger partial charge >= 0.3 is 0 Å². The van der Waals surface area contributed by atoms with Gasteiger partial charge < -0.3 is 5.32 Å². The molecule has 0 amide bonds. The Kier molecular flexibility index (Phi) is 7.44. The van der Waals surface area contributed by atoms with E-state index in [2.05, 4.69) is 42.8 Å². The zero-order chi connectivity index (χ0) is 13.4. The van der Waals surface area contributed by atoms with E-state index in [1.54, 1.807) is 0 Å². The van der Waals surface area contributed by atoms with Gasteiger partial charge in [0.05, 0.1) is 6.20 Å². The molecule has 0 saturated heterocycles. The predicted octanol–water partition coefficient (Wildman–Crippen LogP) is 3.08. The summed E-state index contributed by atoms with van der Waals surface area (Å²) in [6.07, 6.45) is 3.22. The van der Waals surface area contributed by atoms with Crippen LogP contribution in [-0.4, -0.2) is 27.8 Å². The van der Waals surface area contributed by atoms with E-state index in [1.165, 1.54) is 29.2 Å². The van der Waals surface area contributed by atoms with E-state index in [1.807, 2.05) is 18.0 Å². The Hall–Kier alpha value is -0.480. The van der Waals surface area contributed by atoms with Crippen LogP contribution in [0.2, 0.25) is 0 Å². The molecule has 1 N–H and O–H groups in total. The van der Waals surface area contributed by atoms with E-state index < -0.39 is 0 Å². The van der Waals surface area contributed by atoms with Crippen LogP contribution in [0, 0.1) is 12.8 Å². The molecule has 0 aliphatic carbocycles. The number of nitrogens with zero attached hydrogens (tertiary/aromatic N) is 2. The number of nitrogens with one attached hydrogen (secondary N) is 1. The monoisotopic (exact) mass is 269 g/mol. The normalized spacial score (nSPS) is 11.4. The van der Waals surface area contributed by atoms with Crippen LogP contribution in [-0.2, 0) is 13.1 Å². The molecule has 3 nitrogen and oxygen atoms in total. The molecule has 1 aromatic rings. The molecule has 0 radical (unpaired) electrons. The SMILES string of the molecule is CCSCCCn1ncc(CNCC(C)C)c1C. The van der Waals surface area contributed by atoms with Crippen molar-refractivity contribution in [3.8, 4) is 0 Å². The summed E-state index contributed by atoms with van der Waals surface area (Å²) in [5.41, 5.74) is 2.64. The molecule has 1 aromatic heterocycles. The van der Waals surface area contributed by atoms with Gasteiger partial charge in [0.25, 0.3) is 0 Å². The quantitative estimate of drug-likeness (QED) is 0.699. The summed E-state index contributed by atoms with van der Waals surface area (Å²) in [6, 6.07) is 0. The molecule has 0 atom stereocenters. The van der Waals surface area contributed by atoms with Gasteiger partial charge in [-0.3, -0.25) is 4.68 Å². The van der Waals surface area contributed by atoms with Gasteiger partial charge in [0.15, 0.2) is 0 Å². The van der Waals surface area contributed by atoms with Crippen LogP contribution >= 0.6 is 11.8 Å². The van der Waals surface area contributed by atoms with E-state index in [0.717, 1.165) is 19.6 Å². The van der Waals surface area contributed by atoms with Crippen LogP contribution in [0.15, 0.2) is 6.20 Å². The van der Waals surface area contributed by atoms with Gasteiger partial charge in [-0.25, -0.2) is 0 Å². The summed E-state index contributed by atoms with van der Waals surface area (Å²) in [5.74, 6) is 3.14. The van der Waals surface area contributed by atoms with Gasteiger partial charge in [-0.2, -0.15) is 16.9 Å². The molecular formula is C14H27N3S. The van der Waals surface area contributed by atoms with Gasteiger partial charge in [0, 0.05) is 24.3 Å². The molecule has 0 unspecified atom stereocenters. The van der Waals surface area contributed by atoms with Gasteiger partial charge in [-0.15, -0.1) is 0 Å². The second-order valence-electron chi connectivity index (χ2n) is 5.05. The van der Waals surface area contributed by atoms with Crippen LogP contribution < -0.4 is 5.32 Å². The number of aryl methyl sites for hydroxylation is 1. The highest BCUT2D eigenvalue weighted by atomic mass is 32.2. The molecule has 1 heterocycles. The van der Waals surface area contributed by atoms with Crippen molar-refractivity contribution in [1.82, 2.24) is 15.1 Å². The van der Waals surface area contributed by atoms with Crippen LogP contribution in [0.3, 0.4) is 0 Å². The lowest BCUT2D eigenvalue weighted by atomic mass is 10.2.